The van der Waals surface area contributed by atoms with Crippen LogP contribution in [-0.4, -0.2) is 25.8 Å². The molecule has 170 valence electrons. The summed E-state index contributed by atoms with van der Waals surface area (Å²) in [7, 11) is 0. The minimum absolute atomic E-state index is 0.0161. The van der Waals surface area contributed by atoms with Crippen molar-refractivity contribution in [2.75, 3.05) is 29.9 Å². The zero-order valence-electron chi connectivity index (χ0n) is 17.8. The van der Waals surface area contributed by atoms with Gasteiger partial charge in [-0.25, -0.2) is 4.79 Å². The van der Waals surface area contributed by atoms with Crippen molar-refractivity contribution >= 4 is 23.5 Å². The molecule has 2 aromatic rings. The third-order valence-corrected chi connectivity index (χ3v) is 4.49. The Kier molecular flexibility index (Phi) is 9.07. The van der Waals surface area contributed by atoms with E-state index >= 15 is 0 Å². The van der Waals surface area contributed by atoms with E-state index in [1.54, 1.807) is 24.3 Å². The maximum atomic E-state index is 12.6. The molecule has 1 N–H and O–H groups in total. The predicted octanol–water partition coefficient (Wildman–Crippen LogP) is 5.77. The summed E-state index contributed by atoms with van der Waals surface area (Å²) in [5.41, 5.74) is 1.21. The van der Waals surface area contributed by atoms with Crippen molar-refractivity contribution in [3.63, 3.8) is 0 Å². The monoisotopic (exact) mass is 454 g/mol. The summed E-state index contributed by atoms with van der Waals surface area (Å²) in [6.07, 6.45) is -0.374. The first-order valence-electron chi connectivity index (χ1n) is 9.91. The summed E-state index contributed by atoms with van der Waals surface area (Å²) >= 11 is 0. The molecule has 0 radical (unpaired) electrons. The van der Waals surface area contributed by atoms with Gasteiger partial charge in [-0.15, -0.1) is 0 Å². The first-order valence-corrected chi connectivity index (χ1v) is 9.91. The van der Waals surface area contributed by atoms with Gasteiger partial charge in [-0.1, -0.05) is 24.3 Å². The highest BCUT2D eigenvalue weighted by atomic mass is 19.4. The maximum absolute atomic E-state index is 12.6. The number of rotatable bonds is 8. The van der Waals surface area contributed by atoms with Crippen molar-refractivity contribution in [1.82, 2.24) is 0 Å². The average Bonchev–Trinajstić information content (AvgIpc) is 2.80. The molecule has 0 saturated heterocycles. The van der Waals surface area contributed by atoms with Crippen molar-refractivity contribution in [3.05, 3.63) is 77.4 Å². The highest BCUT2D eigenvalue weighted by Crippen LogP contribution is 2.29. The van der Waals surface area contributed by atoms with Gasteiger partial charge in [0.25, 0.3) is 0 Å². The van der Waals surface area contributed by atoms with E-state index in [9.17, 15) is 18.0 Å². The molecule has 0 aliphatic rings. The lowest BCUT2D eigenvalue weighted by Crippen LogP contribution is -2.28. The molecule has 0 unspecified atom stereocenters. The topological polar surface area (TPSA) is 89.2 Å². The fourth-order valence-corrected chi connectivity index (χ4v) is 2.77. The molecule has 0 saturated carbocycles. The number of hydrogen-bond donors (Lipinski definition) is 1. The second-order valence-corrected chi connectivity index (χ2v) is 6.67. The number of anilines is 2. The van der Waals surface area contributed by atoms with Gasteiger partial charge in [-0.3, -0.25) is 5.32 Å². The van der Waals surface area contributed by atoms with Gasteiger partial charge in [-0.05, 0) is 55.0 Å². The summed E-state index contributed by atoms with van der Waals surface area (Å²) in [4.78, 5) is 13.9. The molecule has 33 heavy (non-hydrogen) atoms. The van der Waals surface area contributed by atoms with Crippen molar-refractivity contribution < 1.29 is 22.7 Å². The number of likely N-dealkylation sites (N-methyl/N-ethyl adjacent to an activating group) is 1. The van der Waals surface area contributed by atoms with E-state index in [0.717, 1.165) is 35.5 Å². The molecule has 0 fully saturated rings. The Bertz CT molecular complexity index is 1060. The Morgan fingerprint density at radius 1 is 1.09 bits per heavy atom. The summed E-state index contributed by atoms with van der Waals surface area (Å²) in [5, 5.41) is 19.8. The normalized spacial score (nSPS) is 10.7. The van der Waals surface area contributed by atoms with E-state index in [0.29, 0.717) is 13.1 Å². The number of nitrogens with zero attached hydrogens (tertiary/aromatic N) is 3. The number of carbonyl (C=O) groups excluding carboxylic acids is 1. The summed E-state index contributed by atoms with van der Waals surface area (Å²) in [6.45, 7) is 3.11. The van der Waals surface area contributed by atoms with Crippen LogP contribution < -0.4 is 10.2 Å². The molecule has 2 rings (SSSR count). The highest BCUT2D eigenvalue weighted by Gasteiger charge is 2.30. The van der Waals surface area contributed by atoms with E-state index in [-0.39, 0.29) is 17.9 Å². The predicted molar refractivity (Wildman–Crippen MR) is 119 cm³/mol. The van der Waals surface area contributed by atoms with Gasteiger partial charge < -0.3 is 9.64 Å². The van der Waals surface area contributed by atoms with Gasteiger partial charge in [-0.2, -0.15) is 23.7 Å². The quantitative estimate of drug-likeness (QED) is 0.404. The molecule has 0 spiro atoms. The van der Waals surface area contributed by atoms with Crippen LogP contribution in [0.25, 0.3) is 6.08 Å². The third kappa shape index (κ3) is 8.08. The SMILES string of the molecule is CCN(CCOC(=O)Nc1ccc(C(F)(F)F)cc1)c1ccc(/C=C/C=C(C#N)C#N)cc1. The van der Waals surface area contributed by atoms with Gasteiger partial charge in [0.05, 0.1) is 12.1 Å². The lowest BCUT2D eigenvalue weighted by Gasteiger charge is -2.23. The van der Waals surface area contributed by atoms with E-state index < -0.39 is 17.8 Å². The highest BCUT2D eigenvalue weighted by molar-refractivity contribution is 5.84. The molecule has 0 aliphatic heterocycles. The molecular weight excluding hydrogens is 433 g/mol. The first-order chi connectivity index (χ1) is 15.8. The molecule has 0 bridgehead atoms. The number of benzene rings is 2. The number of carbonyl (C=O) groups is 1. The number of nitriles is 2. The van der Waals surface area contributed by atoms with Crippen LogP contribution in [0.5, 0.6) is 0 Å². The van der Waals surface area contributed by atoms with Gasteiger partial charge in [0.15, 0.2) is 0 Å². The number of halogens is 3. The number of hydrogen-bond acceptors (Lipinski definition) is 5. The molecule has 0 atom stereocenters. The van der Waals surface area contributed by atoms with Gasteiger partial charge >= 0.3 is 12.3 Å². The summed E-state index contributed by atoms with van der Waals surface area (Å²) in [6, 6.07) is 15.2. The Morgan fingerprint density at radius 3 is 2.27 bits per heavy atom. The Balaban J connectivity index is 1.85. The minimum atomic E-state index is -4.44. The van der Waals surface area contributed by atoms with E-state index in [1.807, 2.05) is 36.1 Å². The Labute approximate surface area is 189 Å². The molecule has 9 heteroatoms. The minimum Gasteiger partial charge on any atom is -0.447 e. The maximum Gasteiger partial charge on any atom is 0.416 e. The summed E-state index contributed by atoms with van der Waals surface area (Å²) in [5.74, 6) is 0. The lowest BCUT2D eigenvalue weighted by molar-refractivity contribution is -0.137. The van der Waals surface area contributed by atoms with Crippen LogP contribution in [0.3, 0.4) is 0 Å². The fraction of sp³-hybridized carbons (Fsp3) is 0.208. The Hall–Kier alpha value is -4.24. The zero-order chi connectivity index (χ0) is 24.3. The van der Waals surface area contributed by atoms with Crippen molar-refractivity contribution in [3.8, 4) is 12.1 Å². The fourth-order valence-electron chi connectivity index (χ4n) is 2.77. The number of alkyl halides is 3. The van der Waals surface area contributed by atoms with Crippen LogP contribution in [0.1, 0.15) is 18.1 Å². The van der Waals surface area contributed by atoms with E-state index in [4.69, 9.17) is 15.3 Å². The molecule has 1 amide bonds. The second-order valence-electron chi connectivity index (χ2n) is 6.67. The van der Waals surface area contributed by atoms with Crippen LogP contribution in [0.2, 0.25) is 0 Å². The second kappa shape index (κ2) is 12.0. The molecule has 0 aliphatic carbocycles. The summed E-state index contributed by atoms with van der Waals surface area (Å²) < 4.78 is 42.9. The van der Waals surface area contributed by atoms with Crippen molar-refractivity contribution in [2.45, 2.75) is 13.1 Å². The van der Waals surface area contributed by atoms with Crippen molar-refractivity contribution in [2.24, 2.45) is 0 Å². The van der Waals surface area contributed by atoms with Crippen LogP contribution in [0, 0.1) is 22.7 Å². The van der Waals surface area contributed by atoms with Crippen LogP contribution in [-0.2, 0) is 10.9 Å². The third-order valence-electron chi connectivity index (χ3n) is 4.49. The Morgan fingerprint density at radius 2 is 1.73 bits per heavy atom. The largest absolute Gasteiger partial charge is 0.447 e. The van der Waals surface area contributed by atoms with E-state index in [2.05, 4.69) is 5.32 Å². The van der Waals surface area contributed by atoms with Crippen molar-refractivity contribution in [1.29, 1.82) is 10.5 Å². The standard InChI is InChI=1S/C24H21F3N4O2/c1-2-31(22-12-6-18(7-13-22)4-3-5-19(16-28)17-29)14-15-33-23(32)30-21-10-8-20(9-11-21)24(25,26)27/h3-13H,2,14-15H2,1H3,(H,30,32)/b4-3+. The van der Waals surface area contributed by atoms with Gasteiger partial charge in [0.2, 0.25) is 0 Å². The molecule has 0 heterocycles. The van der Waals surface area contributed by atoms with Crippen LogP contribution in [0.15, 0.2) is 66.3 Å². The number of nitrogens with one attached hydrogen (secondary N) is 1. The first kappa shape index (κ1) is 25.0. The van der Waals surface area contributed by atoms with E-state index in [1.165, 1.54) is 6.08 Å². The smallest absolute Gasteiger partial charge is 0.416 e. The lowest BCUT2D eigenvalue weighted by atomic mass is 10.1. The molecule has 0 aromatic heterocycles. The number of ether oxygens (including phenoxy) is 1. The number of allylic oxidation sites excluding steroid dienone is 3. The number of amides is 1. The average molecular weight is 454 g/mol. The zero-order valence-corrected chi connectivity index (χ0v) is 17.8. The van der Waals surface area contributed by atoms with Gasteiger partial charge in [0, 0.05) is 17.9 Å². The van der Waals surface area contributed by atoms with Gasteiger partial charge in [0.1, 0.15) is 24.3 Å². The molecule has 6 nitrogen and oxygen atoms in total. The van der Waals surface area contributed by atoms with Crippen LogP contribution in [0.4, 0.5) is 29.3 Å². The van der Waals surface area contributed by atoms with Crippen LogP contribution >= 0.6 is 0 Å². The molecular formula is C24H21F3N4O2. The molecule has 2 aromatic carbocycles.